The zero-order valence-corrected chi connectivity index (χ0v) is 29.1. The van der Waals surface area contributed by atoms with Crippen molar-refractivity contribution in [2.75, 3.05) is 32.6 Å². The number of aromatic nitrogens is 5. The summed E-state index contributed by atoms with van der Waals surface area (Å²) < 4.78 is 104. The van der Waals surface area contributed by atoms with E-state index in [9.17, 15) is 35.9 Å². The van der Waals surface area contributed by atoms with Gasteiger partial charge in [-0.15, -0.1) is 0 Å². The molecule has 0 saturated carbocycles. The molecule has 0 amide bonds. The van der Waals surface area contributed by atoms with Crippen LogP contribution < -0.4 is 16.4 Å². The van der Waals surface area contributed by atoms with Gasteiger partial charge in [-0.3, -0.25) is 9.59 Å². The topological polar surface area (TPSA) is 107 Å². The monoisotopic (exact) mass is 729 g/mol. The number of halogens is 7. The summed E-state index contributed by atoms with van der Waals surface area (Å²) in [5.41, 5.74) is -5.01. The second kappa shape index (κ2) is 15.4. The quantitative estimate of drug-likeness (QED) is 0.0913. The van der Waals surface area contributed by atoms with E-state index in [-0.39, 0.29) is 36.3 Å². The van der Waals surface area contributed by atoms with Crippen molar-refractivity contribution in [1.29, 1.82) is 0 Å². The fourth-order valence-corrected chi connectivity index (χ4v) is 5.89. The van der Waals surface area contributed by atoms with Crippen LogP contribution in [0.2, 0.25) is 25.7 Å². The Balaban J connectivity index is 1.50. The van der Waals surface area contributed by atoms with Gasteiger partial charge in [0.2, 0.25) is 0 Å². The van der Waals surface area contributed by atoms with Crippen molar-refractivity contribution >= 4 is 24.5 Å². The number of rotatable bonds is 14. The number of hydrogen-bond donors (Lipinski definition) is 1. The average molecular weight is 730 g/mol. The van der Waals surface area contributed by atoms with Crippen molar-refractivity contribution in [2.45, 2.75) is 70.2 Å². The van der Waals surface area contributed by atoms with E-state index < -0.39 is 66.9 Å². The summed E-state index contributed by atoms with van der Waals surface area (Å²) in [5, 5.41) is 7.06. The Morgan fingerprint density at radius 3 is 2.26 bits per heavy atom. The number of alkyl halides is 6. The molecule has 1 atom stereocenters. The van der Waals surface area contributed by atoms with Crippen LogP contribution in [0.4, 0.5) is 36.4 Å². The van der Waals surface area contributed by atoms with Crippen LogP contribution in [0.25, 0.3) is 22.2 Å². The number of fused-ring (bicyclic) bond motifs is 1. The van der Waals surface area contributed by atoms with Gasteiger partial charge >= 0.3 is 12.4 Å². The number of aryl methyl sites for hydroxylation is 1. The minimum Gasteiger partial charge on any atom is -0.379 e. The summed E-state index contributed by atoms with van der Waals surface area (Å²) in [4.78, 5) is 35.1. The van der Waals surface area contributed by atoms with Crippen molar-refractivity contribution in [1.82, 2.24) is 29.2 Å². The molecule has 1 aromatic carbocycles. The lowest BCUT2D eigenvalue weighted by atomic mass is 10.1. The number of benzene rings is 1. The fourth-order valence-electron chi connectivity index (χ4n) is 5.14. The van der Waals surface area contributed by atoms with Crippen molar-refractivity contribution in [3.63, 3.8) is 0 Å². The first kappa shape index (κ1) is 38.6. The van der Waals surface area contributed by atoms with Gasteiger partial charge in [-0.2, -0.15) is 31.4 Å². The highest BCUT2D eigenvalue weighted by Gasteiger charge is 2.39. The molecule has 272 valence electrons. The SMILES string of the molecule is CN(C)C[C@@H](CCCn1ccc2cc(-c3ncc(C(F)(F)F)cn3)c(F)cc2c1=O)Nc1cnn(COCC[Si](C)(C)C)c(=O)c1C(F)(F)F. The lowest BCUT2D eigenvalue weighted by Gasteiger charge is -2.25. The second-order valence-electron chi connectivity index (χ2n) is 13.4. The summed E-state index contributed by atoms with van der Waals surface area (Å²) in [6.07, 6.45) is -5.53. The van der Waals surface area contributed by atoms with E-state index in [0.29, 0.717) is 35.5 Å². The average Bonchev–Trinajstić information content (AvgIpc) is 2.99. The Morgan fingerprint density at radius 2 is 1.66 bits per heavy atom. The van der Waals surface area contributed by atoms with Gasteiger partial charge in [0, 0.05) is 52.4 Å². The van der Waals surface area contributed by atoms with Crippen molar-refractivity contribution in [3.05, 3.63) is 80.6 Å². The predicted octanol–water partition coefficient (Wildman–Crippen LogP) is 6.33. The maximum absolute atomic E-state index is 15.1. The molecule has 0 saturated heterocycles. The first-order chi connectivity index (χ1) is 23.2. The molecule has 50 heavy (non-hydrogen) atoms. The minimum atomic E-state index is -4.97. The third-order valence-corrected chi connectivity index (χ3v) is 9.42. The first-order valence-electron chi connectivity index (χ1n) is 15.6. The summed E-state index contributed by atoms with van der Waals surface area (Å²) in [6, 6.07) is 3.95. The highest BCUT2D eigenvalue weighted by molar-refractivity contribution is 6.76. The van der Waals surface area contributed by atoms with Gasteiger partial charge in [0.05, 0.1) is 28.4 Å². The van der Waals surface area contributed by atoms with Crippen LogP contribution in [0.1, 0.15) is 24.0 Å². The minimum absolute atomic E-state index is 0.00884. The lowest BCUT2D eigenvalue weighted by Crippen LogP contribution is -2.37. The zero-order chi connectivity index (χ0) is 37.0. The molecule has 0 unspecified atom stereocenters. The van der Waals surface area contributed by atoms with E-state index in [1.165, 1.54) is 22.9 Å². The fraction of sp³-hybridized carbons (Fsp3) is 0.469. The number of nitrogens with zero attached hydrogens (tertiary/aromatic N) is 6. The highest BCUT2D eigenvalue weighted by Crippen LogP contribution is 2.33. The van der Waals surface area contributed by atoms with Crippen LogP contribution in [0.3, 0.4) is 0 Å². The van der Waals surface area contributed by atoms with Gasteiger partial charge in [-0.1, -0.05) is 19.6 Å². The number of nitrogens with one attached hydrogen (secondary N) is 1. The van der Waals surface area contributed by atoms with E-state index in [4.69, 9.17) is 4.74 Å². The summed E-state index contributed by atoms with van der Waals surface area (Å²) >= 11 is 0. The third-order valence-electron chi connectivity index (χ3n) is 7.72. The van der Waals surface area contributed by atoms with Crippen LogP contribution in [0.5, 0.6) is 0 Å². The smallest absolute Gasteiger partial charge is 0.379 e. The normalized spacial score (nSPS) is 13.3. The van der Waals surface area contributed by atoms with Crippen LogP contribution >= 0.6 is 0 Å². The molecule has 3 aromatic heterocycles. The second-order valence-corrected chi connectivity index (χ2v) is 19.0. The first-order valence-corrected chi connectivity index (χ1v) is 19.3. The Morgan fingerprint density at radius 1 is 0.980 bits per heavy atom. The molecule has 0 aliphatic carbocycles. The number of likely N-dealkylation sites (N-methyl/N-ethyl adjacent to an activating group) is 1. The zero-order valence-electron chi connectivity index (χ0n) is 28.1. The van der Waals surface area contributed by atoms with E-state index in [1.54, 1.807) is 19.0 Å². The number of ether oxygens (including phenoxy) is 1. The molecule has 3 heterocycles. The molecule has 0 fully saturated rings. The highest BCUT2D eigenvalue weighted by atomic mass is 28.3. The molecule has 0 aliphatic heterocycles. The van der Waals surface area contributed by atoms with Crippen molar-refractivity contribution in [3.8, 4) is 11.4 Å². The number of pyridine rings is 1. The lowest BCUT2D eigenvalue weighted by molar-refractivity contribution is -0.139. The maximum atomic E-state index is 15.1. The third kappa shape index (κ3) is 9.97. The molecule has 0 bridgehead atoms. The molecule has 0 spiro atoms. The summed E-state index contributed by atoms with van der Waals surface area (Å²) in [5.74, 6) is -1.19. The molecular formula is C32H38F7N7O3Si. The molecule has 1 N–H and O–H groups in total. The van der Waals surface area contributed by atoms with Gasteiger partial charge in [0.25, 0.3) is 11.1 Å². The largest absolute Gasteiger partial charge is 0.423 e. The Labute approximate surface area is 283 Å². The molecule has 4 rings (SSSR count). The van der Waals surface area contributed by atoms with Gasteiger partial charge in [-0.05, 0) is 56.6 Å². The number of hydrogen-bond acceptors (Lipinski definition) is 8. The van der Waals surface area contributed by atoms with E-state index in [2.05, 4.69) is 40.0 Å². The summed E-state index contributed by atoms with van der Waals surface area (Å²) in [7, 11) is 2.02. The van der Waals surface area contributed by atoms with Crippen molar-refractivity contribution < 1.29 is 35.5 Å². The Kier molecular flexibility index (Phi) is 11.9. The van der Waals surface area contributed by atoms with Gasteiger partial charge < -0.3 is 19.5 Å². The van der Waals surface area contributed by atoms with E-state index in [1.807, 2.05) is 0 Å². The van der Waals surface area contributed by atoms with E-state index in [0.717, 1.165) is 18.3 Å². The molecule has 10 nitrogen and oxygen atoms in total. The molecular weight excluding hydrogens is 691 g/mol. The Hall–Kier alpha value is -4.16. The summed E-state index contributed by atoms with van der Waals surface area (Å²) in [6.45, 7) is 6.66. The maximum Gasteiger partial charge on any atom is 0.423 e. The molecule has 0 radical (unpaired) electrons. The number of anilines is 1. The molecule has 4 aromatic rings. The van der Waals surface area contributed by atoms with E-state index >= 15 is 4.39 Å². The predicted molar refractivity (Wildman–Crippen MR) is 177 cm³/mol. The van der Waals surface area contributed by atoms with Crippen LogP contribution in [0.15, 0.2) is 52.6 Å². The van der Waals surface area contributed by atoms with Crippen LogP contribution in [-0.4, -0.2) is 70.6 Å². The Bertz CT molecular complexity index is 1910. The molecule has 0 aliphatic rings. The molecule has 18 heteroatoms. The van der Waals surface area contributed by atoms with Gasteiger partial charge in [0.15, 0.2) is 5.82 Å². The standard InChI is InChI=1S/C32H38F7N7O3Si/c1-44(2)18-22(43-26-17-42-46(19-49-11-12-50(3,4)5)30(48)27(26)32(37,38)39)7-6-9-45-10-8-20-13-24(25(33)14-23(20)29(45)47)28-40-15-21(16-41-28)31(34,35)36/h8,10,13-17,22,43H,6-7,9,11-12,18-19H2,1-5H3/t22-/m1/s1. The van der Waals surface area contributed by atoms with Crippen LogP contribution in [0, 0.1) is 5.82 Å². The van der Waals surface area contributed by atoms with Gasteiger partial charge in [-0.25, -0.2) is 19.0 Å². The van der Waals surface area contributed by atoms with Crippen molar-refractivity contribution in [2.24, 2.45) is 0 Å². The van der Waals surface area contributed by atoms with Gasteiger partial charge in [0.1, 0.15) is 18.1 Å². The van der Waals surface area contributed by atoms with Crippen LogP contribution in [-0.2, 0) is 30.4 Å².